The van der Waals surface area contributed by atoms with E-state index < -0.39 is 5.54 Å². The number of benzene rings is 1. The number of hydrogen-bond acceptors (Lipinski definition) is 3. The standard InChI is InChI=1S/C22H29N3O3/c1-15-6-8-16(9-7-15)19(17-10-11-17)23-18(26)14-25-20(27)22(24(2)21(25)28)12-4-3-5-13-22/h6-9,17,19H,3-5,10-14H2,1-2H3,(H,23,26). The van der Waals surface area contributed by atoms with Gasteiger partial charge in [-0.1, -0.05) is 49.1 Å². The van der Waals surface area contributed by atoms with Crippen LogP contribution in [0.4, 0.5) is 4.79 Å². The van der Waals surface area contributed by atoms with E-state index in [1.54, 1.807) is 11.9 Å². The summed E-state index contributed by atoms with van der Waals surface area (Å²) in [6.07, 6.45) is 6.55. The normalized spacial score (nSPS) is 22.6. The Kier molecular flexibility index (Phi) is 4.89. The highest BCUT2D eigenvalue weighted by molar-refractivity contribution is 6.09. The molecule has 3 aliphatic rings. The maximum atomic E-state index is 13.1. The molecule has 1 unspecified atom stereocenters. The Morgan fingerprint density at radius 3 is 2.39 bits per heavy atom. The van der Waals surface area contributed by atoms with Gasteiger partial charge in [-0.3, -0.25) is 14.5 Å². The van der Waals surface area contributed by atoms with Gasteiger partial charge in [-0.15, -0.1) is 0 Å². The Hall–Kier alpha value is -2.37. The van der Waals surface area contributed by atoms with Crippen LogP contribution in [0.15, 0.2) is 24.3 Å². The van der Waals surface area contributed by atoms with Crippen molar-refractivity contribution in [3.05, 3.63) is 35.4 Å². The number of rotatable bonds is 5. The molecular formula is C22H29N3O3. The van der Waals surface area contributed by atoms with Crippen molar-refractivity contribution in [2.24, 2.45) is 5.92 Å². The van der Waals surface area contributed by atoms with Crippen LogP contribution in [0.5, 0.6) is 0 Å². The lowest BCUT2D eigenvalue weighted by Gasteiger charge is -2.35. The topological polar surface area (TPSA) is 69.7 Å². The Bertz CT molecular complexity index is 779. The van der Waals surface area contributed by atoms with Crippen molar-refractivity contribution in [1.29, 1.82) is 0 Å². The first kappa shape index (κ1) is 19.0. The number of urea groups is 1. The third kappa shape index (κ3) is 3.29. The summed E-state index contributed by atoms with van der Waals surface area (Å²) < 4.78 is 0. The highest BCUT2D eigenvalue weighted by atomic mass is 16.2. The Morgan fingerprint density at radius 2 is 1.79 bits per heavy atom. The van der Waals surface area contributed by atoms with E-state index in [1.165, 1.54) is 5.56 Å². The van der Waals surface area contributed by atoms with Crippen LogP contribution in [0.1, 0.15) is 62.1 Å². The molecular weight excluding hydrogens is 354 g/mol. The molecule has 1 aromatic carbocycles. The van der Waals surface area contributed by atoms with Gasteiger partial charge in [0, 0.05) is 7.05 Å². The molecule has 1 spiro atoms. The molecule has 2 aliphatic carbocycles. The SMILES string of the molecule is Cc1ccc(C(NC(=O)CN2C(=O)N(C)C3(CCCCC3)C2=O)C2CC2)cc1. The summed E-state index contributed by atoms with van der Waals surface area (Å²) in [4.78, 5) is 41.3. The summed E-state index contributed by atoms with van der Waals surface area (Å²) in [7, 11) is 1.70. The number of imide groups is 1. The summed E-state index contributed by atoms with van der Waals surface area (Å²) >= 11 is 0. The van der Waals surface area contributed by atoms with Gasteiger partial charge < -0.3 is 10.2 Å². The van der Waals surface area contributed by atoms with Gasteiger partial charge in [0.05, 0.1) is 6.04 Å². The van der Waals surface area contributed by atoms with E-state index in [0.717, 1.165) is 42.6 Å². The average molecular weight is 383 g/mol. The number of carbonyl (C=O) groups excluding carboxylic acids is 3. The van der Waals surface area contributed by atoms with Gasteiger partial charge in [0.2, 0.25) is 5.91 Å². The third-order valence-electron chi connectivity index (χ3n) is 6.63. The van der Waals surface area contributed by atoms with Crippen LogP contribution in [0.3, 0.4) is 0 Å². The molecule has 1 N–H and O–H groups in total. The molecule has 1 aliphatic heterocycles. The molecule has 150 valence electrons. The monoisotopic (exact) mass is 383 g/mol. The van der Waals surface area contributed by atoms with Crippen molar-refractivity contribution >= 4 is 17.8 Å². The zero-order valence-electron chi connectivity index (χ0n) is 16.7. The highest BCUT2D eigenvalue weighted by Crippen LogP contribution is 2.41. The van der Waals surface area contributed by atoms with Crippen molar-refractivity contribution in [2.75, 3.05) is 13.6 Å². The van der Waals surface area contributed by atoms with Crippen LogP contribution < -0.4 is 5.32 Å². The van der Waals surface area contributed by atoms with Gasteiger partial charge in [0.15, 0.2) is 0 Å². The van der Waals surface area contributed by atoms with Gasteiger partial charge in [-0.25, -0.2) is 4.79 Å². The van der Waals surface area contributed by atoms with Gasteiger partial charge in [-0.05, 0) is 44.1 Å². The first-order valence-corrected chi connectivity index (χ1v) is 10.4. The van der Waals surface area contributed by atoms with Crippen LogP contribution in [0, 0.1) is 12.8 Å². The largest absolute Gasteiger partial charge is 0.347 e. The zero-order valence-corrected chi connectivity index (χ0v) is 16.7. The molecule has 3 fully saturated rings. The number of nitrogens with one attached hydrogen (secondary N) is 1. The van der Waals surface area contributed by atoms with Crippen molar-refractivity contribution < 1.29 is 14.4 Å². The maximum absolute atomic E-state index is 13.1. The molecule has 1 atom stereocenters. The fraction of sp³-hybridized carbons (Fsp3) is 0.591. The predicted molar refractivity (Wildman–Crippen MR) is 105 cm³/mol. The molecule has 6 nitrogen and oxygen atoms in total. The van der Waals surface area contributed by atoms with E-state index in [4.69, 9.17) is 0 Å². The second-order valence-electron chi connectivity index (χ2n) is 8.62. The number of carbonyl (C=O) groups is 3. The van der Waals surface area contributed by atoms with Crippen LogP contribution in [0.25, 0.3) is 0 Å². The average Bonchev–Trinajstić information content (AvgIpc) is 3.53. The summed E-state index contributed by atoms with van der Waals surface area (Å²) in [6.45, 7) is 1.84. The van der Waals surface area contributed by atoms with E-state index in [1.807, 2.05) is 19.1 Å². The van der Waals surface area contributed by atoms with Gasteiger partial charge in [0.1, 0.15) is 12.1 Å². The summed E-state index contributed by atoms with van der Waals surface area (Å²) in [6, 6.07) is 7.80. The fourth-order valence-corrected chi connectivity index (χ4v) is 4.71. The second-order valence-corrected chi connectivity index (χ2v) is 8.62. The number of amides is 4. The van der Waals surface area contributed by atoms with Crippen LogP contribution in [-0.2, 0) is 9.59 Å². The molecule has 0 bridgehead atoms. The smallest absolute Gasteiger partial charge is 0.327 e. The summed E-state index contributed by atoms with van der Waals surface area (Å²) in [5.74, 6) is -0.0300. The van der Waals surface area contributed by atoms with Gasteiger partial charge >= 0.3 is 6.03 Å². The first-order chi connectivity index (χ1) is 13.4. The molecule has 1 aromatic rings. The number of nitrogens with zero attached hydrogens (tertiary/aromatic N) is 2. The second kappa shape index (κ2) is 7.22. The molecule has 1 saturated heterocycles. The van der Waals surface area contributed by atoms with Crippen molar-refractivity contribution in [3.63, 3.8) is 0 Å². The predicted octanol–water partition coefficient (Wildman–Crippen LogP) is 3.16. The molecule has 2 saturated carbocycles. The van der Waals surface area contributed by atoms with Crippen molar-refractivity contribution in [2.45, 2.75) is 63.5 Å². The molecule has 6 heteroatoms. The summed E-state index contributed by atoms with van der Waals surface area (Å²) in [5.41, 5.74) is 1.53. The van der Waals surface area contributed by atoms with Gasteiger partial charge in [0.25, 0.3) is 5.91 Å². The molecule has 28 heavy (non-hydrogen) atoms. The Labute approximate surface area is 166 Å². The first-order valence-electron chi connectivity index (χ1n) is 10.4. The van der Waals surface area contributed by atoms with Gasteiger partial charge in [-0.2, -0.15) is 0 Å². The van der Waals surface area contributed by atoms with E-state index in [0.29, 0.717) is 18.8 Å². The van der Waals surface area contributed by atoms with E-state index >= 15 is 0 Å². The van der Waals surface area contributed by atoms with Crippen LogP contribution in [-0.4, -0.2) is 46.8 Å². The van der Waals surface area contributed by atoms with Crippen LogP contribution >= 0.6 is 0 Å². The van der Waals surface area contributed by atoms with Crippen LogP contribution in [0.2, 0.25) is 0 Å². The molecule has 0 aromatic heterocycles. The van der Waals surface area contributed by atoms with E-state index in [-0.39, 0.29) is 30.4 Å². The van der Waals surface area contributed by atoms with Crippen molar-refractivity contribution in [3.8, 4) is 0 Å². The third-order valence-corrected chi connectivity index (χ3v) is 6.63. The number of aryl methyl sites for hydroxylation is 1. The highest BCUT2D eigenvalue weighted by Gasteiger charge is 2.55. The maximum Gasteiger partial charge on any atom is 0.327 e. The Balaban J connectivity index is 1.46. The molecule has 1 heterocycles. The Morgan fingerprint density at radius 1 is 1.14 bits per heavy atom. The minimum Gasteiger partial charge on any atom is -0.347 e. The van der Waals surface area contributed by atoms with Crippen molar-refractivity contribution in [1.82, 2.24) is 15.1 Å². The number of hydrogen-bond donors (Lipinski definition) is 1. The molecule has 4 rings (SSSR count). The van der Waals surface area contributed by atoms with E-state index in [2.05, 4.69) is 17.4 Å². The fourth-order valence-electron chi connectivity index (χ4n) is 4.71. The number of likely N-dealkylation sites (N-methyl/N-ethyl adjacent to an activating group) is 1. The molecule has 0 radical (unpaired) electrons. The lowest BCUT2D eigenvalue weighted by Crippen LogP contribution is -2.49. The van der Waals surface area contributed by atoms with E-state index in [9.17, 15) is 14.4 Å². The minimum absolute atomic E-state index is 0.0534. The zero-order chi connectivity index (χ0) is 19.9. The quantitative estimate of drug-likeness (QED) is 0.794. The lowest BCUT2D eigenvalue weighted by atomic mass is 9.81. The molecule has 4 amide bonds. The lowest BCUT2D eigenvalue weighted by molar-refractivity contribution is -0.137. The minimum atomic E-state index is -0.734. The summed E-state index contributed by atoms with van der Waals surface area (Å²) in [5, 5.41) is 3.09.